The van der Waals surface area contributed by atoms with Crippen LogP contribution in [0.15, 0.2) is 53.5 Å². The molecule has 2 amide bonds. The first-order valence-corrected chi connectivity index (χ1v) is 9.05. The van der Waals surface area contributed by atoms with Crippen LogP contribution in [0.2, 0.25) is 5.02 Å². The monoisotopic (exact) mass is 389 g/mol. The number of amidine groups is 1. The minimum absolute atomic E-state index is 0.0490. The summed E-state index contributed by atoms with van der Waals surface area (Å²) in [5.41, 5.74) is 1.30. The smallest absolute Gasteiger partial charge is 0.240 e. The van der Waals surface area contributed by atoms with Crippen LogP contribution in [0.25, 0.3) is 0 Å². The molecule has 0 saturated carbocycles. The van der Waals surface area contributed by atoms with E-state index >= 15 is 0 Å². The third kappa shape index (κ3) is 4.77. The molecule has 8 heteroatoms. The number of ether oxygens (including phenoxy) is 1. The molecule has 0 aromatic heterocycles. The Morgan fingerprint density at radius 3 is 2.81 bits per heavy atom. The number of hydrogen-bond acceptors (Lipinski definition) is 5. The highest BCUT2D eigenvalue weighted by Crippen LogP contribution is 2.26. The number of carbonyl (C=O) groups excluding carboxylic acids is 2. The number of aliphatic imine (C=N–C) groups is 1. The predicted molar refractivity (Wildman–Crippen MR) is 104 cm³/mol. The molecule has 2 aromatic carbocycles. The Kier molecular flexibility index (Phi) is 5.80. The van der Waals surface area contributed by atoms with E-state index in [2.05, 4.69) is 15.6 Å². The summed E-state index contributed by atoms with van der Waals surface area (Å²) < 4.78 is 5.12. The highest BCUT2D eigenvalue weighted by molar-refractivity contribution is 8.15. The normalized spacial score (nSPS) is 17.8. The minimum Gasteiger partial charge on any atom is -0.497 e. The van der Waals surface area contributed by atoms with Gasteiger partial charge in [-0.25, -0.2) is 4.99 Å². The van der Waals surface area contributed by atoms with Crippen LogP contribution < -0.4 is 15.4 Å². The second kappa shape index (κ2) is 8.25. The first-order chi connectivity index (χ1) is 12.5. The molecule has 134 valence electrons. The van der Waals surface area contributed by atoms with E-state index in [1.54, 1.807) is 55.6 Å². The van der Waals surface area contributed by atoms with E-state index < -0.39 is 5.25 Å². The van der Waals surface area contributed by atoms with Gasteiger partial charge in [-0.15, -0.1) is 0 Å². The van der Waals surface area contributed by atoms with Gasteiger partial charge in [0, 0.05) is 23.2 Å². The van der Waals surface area contributed by atoms with E-state index in [9.17, 15) is 9.59 Å². The number of methoxy groups -OCH3 is 1. The van der Waals surface area contributed by atoms with E-state index in [4.69, 9.17) is 16.3 Å². The molecular weight excluding hydrogens is 374 g/mol. The van der Waals surface area contributed by atoms with Crippen LogP contribution in [0, 0.1) is 0 Å². The highest BCUT2D eigenvalue weighted by atomic mass is 35.5. The van der Waals surface area contributed by atoms with E-state index in [0.717, 1.165) is 0 Å². The fraction of sp³-hybridized carbons (Fsp3) is 0.167. The zero-order valence-electron chi connectivity index (χ0n) is 13.9. The van der Waals surface area contributed by atoms with Crippen molar-refractivity contribution in [1.29, 1.82) is 0 Å². The summed E-state index contributed by atoms with van der Waals surface area (Å²) >= 11 is 7.08. The standard InChI is InChI=1S/C18H16ClN3O3S/c1-25-14-4-2-3-13(9-14)20-16(23)10-15-17(24)22-18(26-15)21-12-7-5-11(19)6-8-12/h2-9,15H,10H2,1H3,(H,20,23)(H,21,22,24)/t15-/m0/s1. The largest absolute Gasteiger partial charge is 0.497 e. The first kappa shape index (κ1) is 18.3. The Hall–Kier alpha value is -2.51. The van der Waals surface area contributed by atoms with Gasteiger partial charge in [0.15, 0.2) is 5.17 Å². The summed E-state index contributed by atoms with van der Waals surface area (Å²) in [7, 11) is 1.56. The molecule has 1 aliphatic heterocycles. The lowest BCUT2D eigenvalue weighted by Gasteiger charge is -2.08. The van der Waals surface area contributed by atoms with Crippen molar-refractivity contribution in [2.24, 2.45) is 4.99 Å². The van der Waals surface area contributed by atoms with Crippen molar-refractivity contribution in [3.05, 3.63) is 53.6 Å². The summed E-state index contributed by atoms with van der Waals surface area (Å²) in [5, 5.41) is 6.03. The minimum atomic E-state index is -0.522. The highest BCUT2D eigenvalue weighted by Gasteiger charge is 2.32. The van der Waals surface area contributed by atoms with Crippen LogP contribution >= 0.6 is 23.4 Å². The number of hydrogen-bond donors (Lipinski definition) is 2. The summed E-state index contributed by atoms with van der Waals surface area (Å²) in [4.78, 5) is 28.7. The van der Waals surface area contributed by atoms with E-state index in [-0.39, 0.29) is 18.2 Å². The lowest BCUT2D eigenvalue weighted by atomic mass is 10.2. The molecule has 0 aliphatic carbocycles. The van der Waals surface area contributed by atoms with Gasteiger partial charge < -0.3 is 15.4 Å². The van der Waals surface area contributed by atoms with Crippen LogP contribution in [0.1, 0.15) is 6.42 Å². The Morgan fingerprint density at radius 2 is 2.08 bits per heavy atom. The lowest BCUT2D eigenvalue weighted by molar-refractivity contribution is -0.122. The molecule has 0 bridgehead atoms. The number of anilines is 1. The maximum atomic E-state index is 12.2. The number of amides is 2. The molecule has 0 spiro atoms. The van der Waals surface area contributed by atoms with Crippen molar-refractivity contribution >= 4 is 51.7 Å². The number of benzene rings is 2. The van der Waals surface area contributed by atoms with E-state index in [1.807, 2.05) is 0 Å². The Morgan fingerprint density at radius 1 is 1.31 bits per heavy atom. The van der Waals surface area contributed by atoms with Gasteiger partial charge in [0.25, 0.3) is 0 Å². The van der Waals surface area contributed by atoms with Gasteiger partial charge in [0.1, 0.15) is 11.0 Å². The number of nitrogens with one attached hydrogen (secondary N) is 2. The molecular formula is C18H16ClN3O3S. The quantitative estimate of drug-likeness (QED) is 0.818. The van der Waals surface area contributed by atoms with Crippen molar-refractivity contribution in [3.8, 4) is 5.75 Å². The van der Waals surface area contributed by atoms with Gasteiger partial charge in [-0.1, -0.05) is 29.4 Å². The number of carbonyl (C=O) groups is 2. The average molecular weight is 390 g/mol. The van der Waals surface area contributed by atoms with Crippen LogP contribution in [-0.4, -0.2) is 29.3 Å². The number of rotatable bonds is 5. The maximum absolute atomic E-state index is 12.2. The van der Waals surface area contributed by atoms with Crippen molar-refractivity contribution in [2.45, 2.75) is 11.7 Å². The average Bonchev–Trinajstić information content (AvgIpc) is 2.96. The topological polar surface area (TPSA) is 79.8 Å². The molecule has 1 aliphatic rings. The Balaban J connectivity index is 1.60. The van der Waals surface area contributed by atoms with Crippen LogP contribution in [-0.2, 0) is 9.59 Å². The molecule has 1 heterocycles. The van der Waals surface area contributed by atoms with Gasteiger partial charge in [-0.2, -0.15) is 0 Å². The van der Waals surface area contributed by atoms with Crippen LogP contribution in [0.3, 0.4) is 0 Å². The molecule has 1 atom stereocenters. The zero-order chi connectivity index (χ0) is 18.5. The molecule has 1 saturated heterocycles. The van der Waals surface area contributed by atoms with Crippen molar-refractivity contribution in [1.82, 2.24) is 5.32 Å². The predicted octanol–water partition coefficient (Wildman–Crippen LogP) is 3.60. The summed E-state index contributed by atoms with van der Waals surface area (Å²) in [6, 6.07) is 14.0. The second-order valence-electron chi connectivity index (χ2n) is 5.47. The lowest BCUT2D eigenvalue weighted by Crippen LogP contribution is -2.28. The van der Waals surface area contributed by atoms with Crippen LogP contribution in [0.5, 0.6) is 5.75 Å². The molecule has 0 unspecified atom stereocenters. The Labute approximate surface area is 160 Å². The molecule has 6 nitrogen and oxygen atoms in total. The van der Waals surface area contributed by atoms with Gasteiger partial charge in [0.2, 0.25) is 11.8 Å². The van der Waals surface area contributed by atoms with E-state index in [1.165, 1.54) is 11.8 Å². The third-order valence-electron chi connectivity index (χ3n) is 3.56. The van der Waals surface area contributed by atoms with Gasteiger partial charge in [-0.3, -0.25) is 9.59 Å². The first-order valence-electron chi connectivity index (χ1n) is 7.79. The maximum Gasteiger partial charge on any atom is 0.240 e. The number of nitrogens with zero attached hydrogens (tertiary/aromatic N) is 1. The van der Waals surface area contributed by atoms with Crippen molar-refractivity contribution in [3.63, 3.8) is 0 Å². The molecule has 1 fully saturated rings. The third-order valence-corrected chi connectivity index (χ3v) is 4.89. The second-order valence-corrected chi connectivity index (χ2v) is 7.10. The van der Waals surface area contributed by atoms with Crippen molar-refractivity contribution in [2.75, 3.05) is 12.4 Å². The summed E-state index contributed by atoms with van der Waals surface area (Å²) in [6.45, 7) is 0. The number of thioether (sulfide) groups is 1. The zero-order valence-corrected chi connectivity index (χ0v) is 15.4. The molecule has 0 radical (unpaired) electrons. The van der Waals surface area contributed by atoms with Gasteiger partial charge in [-0.05, 0) is 36.4 Å². The summed E-state index contributed by atoms with van der Waals surface area (Å²) in [5.74, 6) is 0.162. The fourth-order valence-electron chi connectivity index (χ4n) is 2.31. The van der Waals surface area contributed by atoms with E-state index in [0.29, 0.717) is 27.3 Å². The molecule has 3 rings (SSSR count). The summed E-state index contributed by atoms with van der Waals surface area (Å²) in [6.07, 6.45) is 0.0490. The SMILES string of the molecule is COc1cccc(NC(=O)C[C@@H]2SC(=Nc3ccc(Cl)cc3)NC2=O)c1. The molecule has 2 aromatic rings. The fourth-order valence-corrected chi connectivity index (χ4v) is 3.42. The van der Waals surface area contributed by atoms with Gasteiger partial charge >= 0.3 is 0 Å². The van der Waals surface area contributed by atoms with Crippen molar-refractivity contribution < 1.29 is 14.3 Å². The van der Waals surface area contributed by atoms with Crippen LogP contribution in [0.4, 0.5) is 11.4 Å². The Bertz CT molecular complexity index is 855. The van der Waals surface area contributed by atoms with Gasteiger partial charge in [0.05, 0.1) is 12.8 Å². The number of halogens is 1. The molecule has 2 N–H and O–H groups in total. The molecule has 26 heavy (non-hydrogen) atoms.